The predicted molar refractivity (Wildman–Crippen MR) is 96.3 cm³/mol. The standard InChI is InChI=1S/C19H23NO4S/c1-15-10-16(2)12-18(11-15)24-14-17-4-3-5-19(13-17)25(21,22)20-6-8-23-9-7-20/h3-5,10-13H,6-9,14H2,1-2H3. The quantitative estimate of drug-likeness (QED) is 0.822. The lowest BCUT2D eigenvalue weighted by Gasteiger charge is -2.26. The van der Waals surface area contributed by atoms with Crippen LogP contribution in [-0.4, -0.2) is 39.0 Å². The fraction of sp³-hybridized carbons (Fsp3) is 0.368. The monoisotopic (exact) mass is 361 g/mol. The molecule has 0 bridgehead atoms. The molecule has 0 saturated carbocycles. The largest absolute Gasteiger partial charge is 0.489 e. The lowest BCUT2D eigenvalue weighted by Crippen LogP contribution is -2.40. The Bertz CT molecular complexity index is 822. The van der Waals surface area contributed by atoms with E-state index in [1.807, 2.05) is 32.0 Å². The van der Waals surface area contributed by atoms with Crippen LogP contribution in [0.25, 0.3) is 0 Å². The van der Waals surface area contributed by atoms with Gasteiger partial charge in [-0.15, -0.1) is 0 Å². The number of sulfonamides is 1. The zero-order valence-electron chi connectivity index (χ0n) is 14.6. The minimum absolute atomic E-state index is 0.302. The van der Waals surface area contributed by atoms with Crippen LogP contribution in [0.4, 0.5) is 0 Å². The van der Waals surface area contributed by atoms with Crippen molar-refractivity contribution in [2.75, 3.05) is 26.3 Å². The molecule has 1 fully saturated rings. The lowest BCUT2D eigenvalue weighted by molar-refractivity contribution is 0.0730. The SMILES string of the molecule is Cc1cc(C)cc(OCc2cccc(S(=O)(=O)N3CCOCC3)c2)c1. The van der Waals surface area contributed by atoms with Crippen LogP contribution in [0.5, 0.6) is 5.75 Å². The molecule has 0 N–H and O–H groups in total. The normalized spacial score (nSPS) is 15.9. The van der Waals surface area contributed by atoms with E-state index in [-0.39, 0.29) is 0 Å². The summed E-state index contributed by atoms with van der Waals surface area (Å²) in [5.74, 6) is 0.791. The summed E-state index contributed by atoms with van der Waals surface area (Å²) in [6.45, 7) is 6.04. The number of hydrogen-bond donors (Lipinski definition) is 0. The topological polar surface area (TPSA) is 55.8 Å². The average Bonchev–Trinajstić information content (AvgIpc) is 2.60. The number of benzene rings is 2. The van der Waals surface area contributed by atoms with Crippen LogP contribution in [0, 0.1) is 13.8 Å². The molecule has 1 aliphatic rings. The minimum Gasteiger partial charge on any atom is -0.489 e. The van der Waals surface area contributed by atoms with Gasteiger partial charge in [0.1, 0.15) is 12.4 Å². The van der Waals surface area contributed by atoms with E-state index >= 15 is 0 Å². The first-order valence-corrected chi connectivity index (χ1v) is 9.77. The summed E-state index contributed by atoms with van der Waals surface area (Å²) in [5, 5.41) is 0. The molecule has 0 amide bonds. The van der Waals surface area contributed by atoms with Crippen LogP contribution in [0.2, 0.25) is 0 Å². The van der Waals surface area contributed by atoms with Gasteiger partial charge in [0.15, 0.2) is 0 Å². The second kappa shape index (κ2) is 7.56. The van der Waals surface area contributed by atoms with Gasteiger partial charge in [0.25, 0.3) is 0 Å². The fourth-order valence-corrected chi connectivity index (χ4v) is 4.39. The van der Waals surface area contributed by atoms with Crippen molar-refractivity contribution in [3.63, 3.8) is 0 Å². The highest BCUT2D eigenvalue weighted by Gasteiger charge is 2.26. The molecule has 0 atom stereocenters. The van der Waals surface area contributed by atoms with Crippen molar-refractivity contribution in [3.05, 3.63) is 59.2 Å². The third-order valence-corrected chi connectivity index (χ3v) is 6.00. The minimum atomic E-state index is -3.48. The van der Waals surface area contributed by atoms with Gasteiger partial charge in [-0.2, -0.15) is 4.31 Å². The Balaban J connectivity index is 1.75. The number of hydrogen-bond acceptors (Lipinski definition) is 4. The van der Waals surface area contributed by atoms with E-state index in [9.17, 15) is 8.42 Å². The molecular formula is C19H23NO4S. The van der Waals surface area contributed by atoms with Crippen molar-refractivity contribution in [1.29, 1.82) is 0 Å². The molecular weight excluding hydrogens is 338 g/mol. The number of rotatable bonds is 5. The van der Waals surface area contributed by atoms with Gasteiger partial charge < -0.3 is 9.47 Å². The Morgan fingerprint density at radius 2 is 1.72 bits per heavy atom. The first-order chi connectivity index (χ1) is 11.9. The van der Waals surface area contributed by atoms with E-state index in [0.29, 0.717) is 37.8 Å². The van der Waals surface area contributed by atoms with Gasteiger partial charge in [-0.05, 0) is 54.8 Å². The highest BCUT2D eigenvalue weighted by Crippen LogP contribution is 2.21. The van der Waals surface area contributed by atoms with Gasteiger partial charge >= 0.3 is 0 Å². The van der Waals surface area contributed by atoms with Gasteiger partial charge in [0.2, 0.25) is 10.0 Å². The molecule has 0 spiro atoms. The lowest BCUT2D eigenvalue weighted by atomic mass is 10.1. The molecule has 25 heavy (non-hydrogen) atoms. The van der Waals surface area contributed by atoms with E-state index in [1.54, 1.807) is 18.2 Å². The molecule has 3 rings (SSSR count). The Kier molecular flexibility index (Phi) is 5.42. The molecule has 134 valence electrons. The second-order valence-electron chi connectivity index (χ2n) is 6.28. The number of ether oxygens (including phenoxy) is 2. The maximum atomic E-state index is 12.7. The zero-order valence-corrected chi connectivity index (χ0v) is 15.4. The highest BCUT2D eigenvalue weighted by atomic mass is 32.2. The van der Waals surface area contributed by atoms with Crippen LogP contribution in [0.1, 0.15) is 16.7 Å². The molecule has 2 aromatic rings. The van der Waals surface area contributed by atoms with Crippen LogP contribution in [0.15, 0.2) is 47.4 Å². The van der Waals surface area contributed by atoms with Gasteiger partial charge in [0.05, 0.1) is 18.1 Å². The van der Waals surface area contributed by atoms with Crippen molar-refractivity contribution in [2.24, 2.45) is 0 Å². The summed E-state index contributed by atoms with van der Waals surface area (Å²) >= 11 is 0. The predicted octanol–water partition coefficient (Wildman–Crippen LogP) is 2.90. The molecule has 1 heterocycles. The van der Waals surface area contributed by atoms with E-state index < -0.39 is 10.0 Å². The molecule has 6 heteroatoms. The summed E-state index contributed by atoms with van der Waals surface area (Å²) in [7, 11) is -3.48. The Hall–Kier alpha value is -1.89. The summed E-state index contributed by atoms with van der Waals surface area (Å²) in [5.41, 5.74) is 3.10. The van der Waals surface area contributed by atoms with Crippen molar-refractivity contribution >= 4 is 10.0 Å². The molecule has 1 saturated heterocycles. The Morgan fingerprint density at radius 1 is 1.04 bits per heavy atom. The van der Waals surface area contributed by atoms with E-state index in [4.69, 9.17) is 9.47 Å². The summed E-state index contributed by atoms with van der Waals surface area (Å²) in [6.07, 6.45) is 0. The van der Waals surface area contributed by atoms with Gasteiger partial charge in [0, 0.05) is 13.1 Å². The number of aryl methyl sites for hydroxylation is 2. The summed E-state index contributed by atoms with van der Waals surface area (Å²) < 4.78 is 38.0. The number of nitrogens with zero attached hydrogens (tertiary/aromatic N) is 1. The first-order valence-electron chi connectivity index (χ1n) is 8.33. The molecule has 0 unspecified atom stereocenters. The van der Waals surface area contributed by atoms with E-state index in [0.717, 1.165) is 22.4 Å². The van der Waals surface area contributed by atoms with Gasteiger partial charge in [-0.3, -0.25) is 0 Å². The molecule has 5 nitrogen and oxygen atoms in total. The highest BCUT2D eigenvalue weighted by molar-refractivity contribution is 7.89. The Morgan fingerprint density at radius 3 is 2.40 bits per heavy atom. The maximum Gasteiger partial charge on any atom is 0.243 e. The van der Waals surface area contributed by atoms with Crippen LogP contribution >= 0.6 is 0 Å². The third kappa shape index (κ3) is 4.39. The second-order valence-corrected chi connectivity index (χ2v) is 8.21. The van der Waals surface area contributed by atoms with Crippen molar-refractivity contribution in [2.45, 2.75) is 25.3 Å². The van der Waals surface area contributed by atoms with E-state index in [1.165, 1.54) is 4.31 Å². The van der Waals surface area contributed by atoms with Crippen molar-refractivity contribution < 1.29 is 17.9 Å². The van der Waals surface area contributed by atoms with Crippen LogP contribution < -0.4 is 4.74 Å². The van der Waals surface area contributed by atoms with Crippen LogP contribution in [-0.2, 0) is 21.4 Å². The van der Waals surface area contributed by atoms with Gasteiger partial charge in [-0.1, -0.05) is 18.2 Å². The van der Waals surface area contributed by atoms with Gasteiger partial charge in [-0.25, -0.2) is 8.42 Å². The third-order valence-electron chi connectivity index (χ3n) is 4.11. The summed E-state index contributed by atoms with van der Waals surface area (Å²) in [4.78, 5) is 0.302. The van der Waals surface area contributed by atoms with Crippen LogP contribution in [0.3, 0.4) is 0 Å². The first kappa shape index (κ1) is 17.9. The summed E-state index contributed by atoms with van der Waals surface area (Å²) in [6, 6.07) is 13.0. The average molecular weight is 361 g/mol. The molecule has 1 aliphatic heterocycles. The number of morpholine rings is 1. The Labute approximate surface area is 149 Å². The van der Waals surface area contributed by atoms with Crippen molar-refractivity contribution in [3.8, 4) is 5.75 Å². The fourth-order valence-electron chi connectivity index (χ4n) is 2.91. The smallest absolute Gasteiger partial charge is 0.243 e. The molecule has 0 aromatic heterocycles. The molecule has 0 aliphatic carbocycles. The maximum absolute atomic E-state index is 12.7. The molecule has 0 radical (unpaired) electrons. The van der Waals surface area contributed by atoms with Crippen molar-refractivity contribution in [1.82, 2.24) is 4.31 Å². The zero-order chi connectivity index (χ0) is 17.9. The van der Waals surface area contributed by atoms with E-state index in [2.05, 4.69) is 6.07 Å². The molecule has 2 aromatic carbocycles.